The van der Waals surface area contributed by atoms with Gasteiger partial charge in [-0.05, 0) is 35.7 Å². The number of halogens is 1. The first-order valence-electron chi connectivity index (χ1n) is 8.43. The van der Waals surface area contributed by atoms with Crippen LogP contribution in [0.15, 0.2) is 48.5 Å². The van der Waals surface area contributed by atoms with Gasteiger partial charge in [-0.3, -0.25) is 9.59 Å². The molecule has 2 aromatic rings. The van der Waals surface area contributed by atoms with Crippen molar-refractivity contribution in [2.24, 2.45) is 0 Å². The predicted octanol–water partition coefficient (Wildman–Crippen LogP) is 4.23. The van der Waals surface area contributed by atoms with Crippen LogP contribution in [-0.2, 0) is 21.8 Å². The summed E-state index contributed by atoms with van der Waals surface area (Å²) in [6, 6.07) is 15.3. The van der Waals surface area contributed by atoms with Gasteiger partial charge in [0, 0.05) is 23.5 Å². The maximum absolute atomic E-state index is 12.2. The smallest absolute Gasteiger partial charge is 0.243 e. The minimum Gasteiger partial charge on any atom is -0.336 e. The molecule has 2 amide bonds. The second-order valence-electron chi connectivity index (χ2n) is 5.93. The van der Waals surface area contributed by atoms with Crippen LogP contribution in [0, 0.1) is 0 Å². The SMILES string of the molecule is CCc1ccccc1NC(=O)CN(C)C(=O)CSCc1cccc(Cl)c1. The number of anilines is 1. The van der Waals surface area contributed by atoms with Gasteiger partial charge in [0.1, 0.15) is 0 Å². The first-order chi connectivity index (χ1) is 12.5. The van der Waals surface area contributed by atoms with Crippen molar-refractivity contribution in [3.8, 4) is 0 Å². The molecule has 0 unspecified atom stereocenters. The first-order valence-corrected chi connectivity index (χ1v) is 9.96. The van der Waals surface area contributed by atoms with Gasteiger partial charge in [0.25, 0.3) is 0 Å². The molecular formula is C20H23ClN2O2S. The van der Waals surface area contributed by atoms with E-state index >= 15 is 0 Å². The van der Waals surface area contributed by atoms with Gasteiger partial charge in [0.15, 0.2) is 0 Å². The van der Waals surface area contributed by atoms with Gasteiger partial charge < -0.3 is 10.2 Å². The fourth-order valence-corrected chi connectivity index (χ4v) is 3.56. The van der Waals surface area contributed by atoms with Crippen molar-refractivity contribution in [3.63, 3.8) is 0 Å². The third-order valence-corrected chi connectivity index (χ3v) is 5.09. The third-order valence-electron chi connectivity index (χ3n) is 3.86. The van der Waals surface area contributed by atoms with Gasteiger partial charge in [-0.15, -0.1) is 11.8 Å². The van der Waals surface area contributed by atoms with Gasteiger partial charge in [-0.1, -0.05) is 48.9 Å². The molecule has 0 aliphatic heterocycles. The summed E-state index contributed by atoms with van der Waals surface area (Å²) >= 11 is 7.46. The average molecular weight is 391 g/mol. The molecule has 0 spiro atoms. The van der Waals surface area contributed by atoms with Crippen molar-refractivity contribution in [1.82, 2.24) is 4.90 Å². The van der Waals surface area contributed by atoms with E-state index in [0.29, 0.717) is 16.5 Å². The molecule has 4 nitrogen and oxygen atoms in total. The fourth-order valence-electron chi connectivity index (χ4n) is 2.44. The van der Waals surface area contributed by atoms with Crippen LogP contribution in [-0.4, -0.2) is 36.1 Å². The third kappa shape index (κ3) is 6.39. The summed E-state index contributed by atoms with van der Waals surface area (Å²) in [5, 5.41) is 3.57. The maximum Gasteiger partial charge on any atom is 0.243 e. The van der Waals surface area contributed by atoms with Crippen LogP contribution >= 0.6 is 23.4 Å². The number of aryl methyl sites for hydroxylation is 1. The lowest BCUT2D eigenvalue weighted by Gasteiger charge is -2.17. The number of nitrogens with one attached hydrogen (secondary N) is 1. The summed E-state index contributed by atoms with van der Waals surface area (Å²) in [5.74, 6) is 0.760. The number of hydrogen-bond donors (Lipinski definition) is 1. The second-order valence-corrected chi connectivity index (χ2v) is 7.35. The highest BCUT2D eigenvalue weighted by molar-refractivity contribution is 7.99. The highest BCUT2D eigenvalue weighted by atomic mass is 35.5. The van der Waals surface area contributed by atoms with Crippen LogP contribution in [0.4, 0.5) is 5.69 Å². The van der Waals surface area contributed by atoms with Crippen molar-refractivity contribution < 1.29 is 9.59 Å². The number of amides is 2. The van der Waals surface area contributed by atoms with E-state index in [-0.39, 0.29) is 18.4 Å². The molecule has 26 heavy (non-hydrogen) atoms. The fraction of sp³-hybridized carbons (Fsp3) is 0.300. The van der Waals surface area contributed by atoms with E-state index in [0.717, 1.165) is 23.2 Å². The standard InChI is InChI=1S/C20H23ClN2O2S/c1-3-16-8-4-5-10-18(16)22-19(24)12-23(2)20(25)14-26-13-15-7-6-9-17(21)11-15/h4-11H,3,12-14H2,1-2H3,(H,22,24). The van der Waals surface area contributed by atoms with Crippen LogP contribution in [0.1, 0.15) is 18.1 Å². The molecule has 6 heteroatoms. The van der Waals surface area contributed by atoms with E-state index in [1.54, 1.807) is 7.05 Å². The quantitative estimate of drug-likeness (QED) is 0.733. The van der Waals surface area contributed by atoms with E-state index in [4.69, 9.17) is 11.6 Å². The average Bonchev–Trinajstić information content (AvgIpc) is 2.62. The lowest BCUT2D eigenvalue weighted by molar-refractivity contribution is -0.131. The van der Waals surface area contributed by atoms with E-state index in [1.807, 2.05) is 55.5 Å². The van der Waals surface area contributed by atoms with Crippen molar-refractivity contribution in [2.75, 3.05) is 24.7 Å². The molecule has 2 aromatic carbocycles. The van der Waals surface area contributed by atoms with Crippen LogP contribution in [0.25, 0.3) is 0 Å². The molecule has 0 fully saturated rings. The lowest BCUT2D eigenvalue weighted by atomic mass is 10.1. The number of carbonyl (C=O) groups is 2. The molecule has 0 saturated carbocycles. The summed E-state index contributed by atoms with van der Waals surface area (Å²) in [4.78, 5) is 25.9. The number of likely N-dealkylation sites (N-methyl/N-ethyl adjacent to an activating group) is 1. The summed E-state index contributed by atoms with van der Waals surface area (Å²) in [7, 11) is 1.65. The Morgan fingerprint density at radius 1 is 1.15 bits per heavy atom. The summed E-state index contributed by atoms with van der Waals surface area (Å²) in [6.07, 6.45) is 0.839. The molecule has 0 atom stereocenters. The number of benzene rings is 2. The van der Waals surface area contributed by atoms with Crippen LogP contribution < -0.4 is 5.32 Å². The molecule has 0 saturated heterocycles. The maximum atomic E-state index is 12.2. The molecular weight excluding hydrogens is 368 g/mol. The molecule has 0 aromatic heterocycles. The lowest BCUT2D eigenvalue weighted by Crippen LogP contribution is -2.36. The second kappa shape index (κ2) is 10.2. The molecule has 1 N–H and O–H groups in total. The van der Waals surface area contributed by atoms with Crippen LogP contribution in [0.5, 0.6) is 0 Å². The Labute approximate surface area is 163 Å². The van der Waals surface area contributed by atoms with Crippen molar-refractivity contribution in [1.29, 1.82) is 0 Å². The Balaban J connectivity index is 1.78. The Morgan fingerprint density at radius 2 is 1.92 bits per heavy atom. The minimum atomic E-state index is -0.193. The molecule has 2 rings (SSSR count). The number of rotatable bonds is 8. The van der Waals surface area contributed by atoms with Crippen molar-refractivity contribution in [3.05, 3.63) is 64.7 Å². The predicted molar refractivity (Wildman–Crippen MR) is 110 cm³/mol. The first kappa shape index (κ1) is 20.3. The summed E-state index contributed by atoms with van der Waals surface area (Å²) in [6.45, 7) is 2.08. The highest BCUT2D eigenvalue weighted by Gasteiger charge is 2.14. The molecule has 0 heterocycles. The van der Waals surface area contributed by atoms with Crippen molar-refractivity contribution >= 4 is 40.9 Å². The topological polar surface area (TPSA) is 49.4 Å². The Morgan fingerprint density at radius 3 is 2.65 bits per heavy atom. The van der Waals surface area contributed by atoms with Crippen molar-refractivity contribution in [2.45, 2.75) is 19.1 Å². The van der Waals surface area contributed by atoms with Crippen LogP contribution in [0.3, 0.4) is 0 Å². The van der Waals surface area contributed by atoms with E-state index < -0.39 is 0 Å². The molecule has 0 radical (unpaired) electrons. The highest BCUT2D eigenvalue weighted by Crippen LogP contribution is 2.17. The van der Waals surface area contributed by atoms with Crippen LogP contribution in [0.2, 0.25) is 5.02 Å². The zero-order valence-electron chi connectivity index (χ0n) is 15.0. The Hall–Kier alpha value is -1.98. The van der Waals surface area contributed by atoms with Gasteiger partial charge in [-0.25, -0.2) is 0 Å². The van der Waals surface area contributed by atoms with E-state index in [1.165, 1.54) is 16.7 Å². The Bertz CT molecular complexity index is 767. The molecule has 0 aliphatic rings. The number of carbonyl (C=O) groups excluding carboxylic acids is 2. The summed E-state index contributed by atoms with van der Waals surface area (Å²) in [5.41, 5.74) is 2.95. The van der Waals surface area contributed by atoms with Gasteiger partial charge in [0.05, 0.1) is 12.3 Å². The number of thioether (sulfide) groups is 1. The summed E-state index contributed by atoms with van der Waals surface area (Å²) < 4.78 is 0. The molecule has 0 bridgehead atoms. The number of hydrogen-bond acceptors (Lipinski definition) is 3. The number of nitrogens with zero attached hydrogens (tertiary/aromatic N) is 1. The molecule has 0 aliphatic carbocycles. The Kier molecular flexibility index (Phi) is 8.01. The van der Waals surface area contributed by atoms with Gasteiger partial charge in [-0.2, -0.15) is 0 Å². The van der Waals surface area contributed by atoms with Gasteiger partial charge in [0.2, 0.25) is 11.8 Å². The molecule has 138 valence electrons. The monoisotopic (exact) mass is 390 g/mol. The number of para-hydroxylation sites is 1. The normalized spacial score (nSPS) is 10.4. The zero-order chi connectivity index (χ0) is 18.9. The largest absolute Gasteiger partial charge is 0.336 e. The minimum absolute atomic E-state index is 0.0363. The van der Waals surface area contributed by atoms with E-state index in [2.05, 4.69) is 5.32 Å². The van der Waals surface area contributed by atoms with Gasteiger partial charge >= 0.3 is 0 Å². The zero-order valence-corrected chi connectivity index (χ0v) is 16.6. The van der Waals surface area contributed by atoms with E-state index in [9.17, 15) is 9.59 Å².